The Bertz CT molecular complexity index is 814. The van der Waals surface area contributed by atoms with Gasteiger partial charge < -0.3 is 14.8 Å². The standard InChI is InChI=1S/C18H20ClNO4S/c1-9(2)24-18(22)15-10(3)11(4)25-17(15)20-16(21)13-8-12(19)6-7-14(13)23-5/h6-9H,1-5H3,(H,20,21). The first-order valence-corrected chi connectivity index (χ1v) is 8.89. The van der Waals surface area contributed by atoms with Crippen LogP contribution in [-0.4, -0.2) is 25.1 Å². The van der Waals surface area contributed by atoms with Crippen LogP contribution >= 0.6 is 22.9 Å². The number of aryl methyl sites for hydroxylation is 1. The van der Waals surface area contributed by atoms with Crippen LogP contribution in [0.5, 0.6) is 5.75 Å². The summed E-state index contributed by atoms with van der Waals surface area (Å²) < 4.78 is 10.5. The summed E-state index contributed by atoms with van der Waals surface area (Å²) in [6, 6.07) is 4.79. The molecule has 0 unspecified atom stereocenters. The molecule has 0 atom stereocenters. The number of nitrogens with one attached hydrogen (secondary N) is 1. The summed E-state index contributed by atoms with van der Waals surface area (Å²) in [4.78, 5) is 26.0. The van der Waals surface area contributed by atoms with Crippen LogP contribution in [0.3, 0.4) is 0 Å². The van der Waals surface area contributed by atoms with E-state index in [1.165, 1.54) is 24.5 Å². The van der Waals surface area contributed by atoms with Crippen LogP contribution in [0.1, 0.15) is 45.0 Å². The van der Waals surface area contributed by atoms with Crippen molar-refractivity contribution in [3.63, 3.8) is 0 Å². The molecule has 2 aromatic rings. The minimum atomic E-state index is -0.454. The van der Waals surface area contributed by atoms with Crippen LogP contribution in [0.25, 0.3) is 0 Å². The fourth-order valence-electron chi connectivity index (χ4n) is 2.26. The molecule has 134 valence electrons. The van der Waals surface area contributed by atoms with Crippen LogP contribution in [0.4, 0.5) is 5.00 Å². The molecule has 0 aliphatic carbocycles. The van der Waals surface area contributed by atoms with E-state index in [0.717, 1.165) is 10.4 Å². The van der Waals surface area contributed by atoms with Crippen molar-refractivity contribution in [2.45, 2.75) is 33.8 Å². The van der Waals surface area contributed by atoms with Gasteiger partial charge >= 0.3 is 5.97 Å². The normalized spacial score (nSPS) is 10.7. The highest BCUT2D eigenvalue weighted by atomic mass is 35.5. The summed E-state index contributed by atoms with van der Waals surface area (Å²) in [6.07, 6.45) is -0.247. The Hall–Kier alpha value is -2.05. The molecule has 0 fully saturated rings. The van der Waals surface area contributed by atoms with E-state index >= 15 is 0 Å². The molecule has 7 heteroatoms. The van der Waals surface area contributed by atoms with Crippen molar-refractivity contribution in [1.29, 1.82) is 0 Å². The highest BCUT2D eigenvalue weighted by Crippen LogP contribution is 2.34. The molecule has 1 N–H and O–H groups in total. The summed E-state index contributed by atoms with van der Waals surface area (Å²) >= 11 is 7.31. The number of amides is 1. The van der Waals surface area contributed by atoms with Crippen molar-refractivity contribution in [2.75, 3.05) is 12.4 Å². The third-order valence-electron chi connectivity index (χ3n) is 3.57. The Morgan fingerprint density at radius 2 is 1.92 bits per heavy atom. The maximum atomic E-state index is 12.7. The van der Waals surface area contributed by atoms with Crippen molar-refractivity contribution in [3.8, 4) is 5.75 Å². The number of rotatable bonds is 5. The van der Waals surface area contributed by atoms with Gasteiger partial charge in [-0.3, -0.25) is 4.79 Å². The van der Waals surface area contributed by atoms with Crippen molar-refractivity contribution < 1.29 is 19.1 Å². The number of carbonyl (C=O) groups excluding carboxylic acids is 2. The molecule has 0 aliphatic rings. The van der Waals surface area contributed by atoms with E-state index in [4.69, 9.17) is 21.1 Å². The van der Waals surface area contributed by atoms with Gasteiger partial charge in [0.05, 0.1) is 24.3 Å². The molecule has 1 heterocycles. The van der Waals surface area contributed by atoms with Gasteiger partial charge in [0.15, 0.2) is 0 Å². The first-order chi connectivity index (χ1) is 11.7. The van der Waals surface area contributed by atoms with Gasteiger partial charge in [-0.1, -0.05) is 11.6 Å². The molecule has 0 saturated carbocycles. The Morgan fingerprint density at radius 1 is 1.24 bits per heavy atom. The number of halogens is 1. The van der Waals surface area contributed by atoms with Crippen LogP contribution < -0.4 is 10.1 Å². The van der Waals surface area contributed by atoms with Crippen molar-refractivity contribution in [1.82, 2.24) is 0 Å². The molecule has 25 heavy (non-hydrogen) atoms. The van der Waals surface area contributed by atoms with Gasteiger partial charge in [0.1, 0.15) is 10.8 Å². The summed E-state index contributed by atoms with van der Waals surface area (Å²) in [7, 11) is 1.48. The number of methoxy groups -OCH3 is 1. The lowest BCUT2D eigenvalue weighted by Gasteiger charge is -2.12. The van der Waals surface area contributed by atoms with Gasteiger partial charge in [-0.05, 0) is 51.5 Å². The quantitative estimate of drug-likeness (QED) is 0.752. The van der Waals surface area contributed by atoms with Gasteiger partial charge in [-0.15, -0.1) is 11.3 Å². The lowest BCUT2D eigenvalue weighted by Crippen LogP contribution is -2.17. The minimum Gasteiger partial charge on any atom is -0.496 e. The Balaban J connectivity index is 2.38. The summed E-state index contributed by atoms with van der Waals surface area (Å²) in [5.74, 6) is -0.456. The number of carbonyl (C=O) groups is 2. The Kier molecular flexibility index (Phi) is 6.08. The summed E-state index contributed by atoms with van der Waals surface area (Å²) in [6.45, 7) is 7.28. The lowest BCUT2D eigenvalue weighted by molar-refractivity contribution is 0.0379. The van der Waals surface area contributed by atoms with E-state index in [-0.39, 0.29) is 6.10 Å². The maximum Gasteiger partial charge on any atom is 0.341 e. The average molecular weight is 382 g/mol. The second-order valence-electron chi connectivity index (χ2n) is 5.74. The second-order valence-corrected chi connectivity index (χ2v) is 7.40. The molecule has 0 radical (unpaired) electrons. The zero-order valence-corrected chi connectivity index (χ0v) is 16.3. The Labute approximate surface area is 155 Å². The fraction of sp³-hybridized carbons (Fsp3) is 0.333. The van der Waals surface area contributed by atoms with Gasteiger partial charge in [0.2, 0.25) is 0 Å². The second kappa shape index (κ2) is 7.89. The van der Waals surface area contributed by atoms with Crippen LogP contribution in [-0.2, 0) is 4.74 Å². The number of anilines is 1. The highest BCUT2D eigenvalue weighted by molar-refractivity contribution is 7.16. The number of hydrogen-bond donors (Lipinski definition) is 1. The van der Waals surface area contributed by atoms with Crippen LogP contribution in [0, 0.1) is 13.8 Å². The molecule has 0 saturated heterocycles. The number of thiophene rings is 1. The number of ether oxygens (including phenoxy) is 2. The van der Waals surface area contributed by atoms with Gasteiger partial charge in [-0.25, -0.2) is 4.79 Å². The molecule has 5 nitrogen and oxygen atoms in total. The lowest BCUT2D eigenvalue weighted by atomic mass is 10.1. The maximum absolute atomic E-state index is 12.7. The monoisotopic (exact) mass is 381 g/mol. The van der Waals surface area contributed by atoms with E-state index in [0.29, 0.717) is 26.9 Å². The zero-order valence-electron chi connectivity index (χ0n) is 14.7. The first kappa shape index (κ1) is 19.3. The first-order valence-electron chi connectivity index (χ1n) is 7.70. The molecular weight excluding hydrogens is 362 g/mol. The van der Waals surface area contributed by atoms with E-state index in [9.17, 15) is 9.59 Å². The summed E-state index contributed by atoms with van der Waals surface area (Å²) in [5, 5.41) is 3.66. The van der Waals surface area contributed by atoms with Gasteiger partial charge in [0, 0.05) is 9.90 Å². The van der Waals surface area contributed by atoms with Crippen molar-refractivity contribution in [3.05, 3.63) is 44.8 Å². The van der Waals surface area contributed by atoms with Crippen LogP contribution in [0.15, 0.2) is 18.2 Å². The topological polar surface area (TPSA) is 64.6 Å². The molecule has 1 aromatic carbocycles. The predicted molar refractivity (Wildman–Crippen MR) is 100 cm³/mol. The van der Waals surface area contributed by atoms with E-state index in [2.05, 4.69) is 5.32 Å². The van der Waals surface area contributed by atoms with Gasteiger partial charge in [0.25, 0.3) is 5.91 Å². The molecule has 0 bridgehead atoms. The van der Waals surface area contributed by atoms with E-state index in [1.807, 2.05) is 13.8 Å². The number of hydrogen-bond acceptors (Lipinski definition) is 5. The van der Waals surface area contributed by atoms with Crippen molar-refractivity contribution in [2.24, 2.45) is 0 Å². The highest BCUT2D eigenvalue weighted by Gasteiger charge is 2.24. The van der Waals surface area contributed by atoms with Gasteiger partial charge in [-0.2, -0.15) is 0 Å². The number of esters is 1. The number of benzene rings is 1. The summed E-state index contributed by atoms with van der Waals surface area (Å²) in [5.41, 5.74) is 1.47. The fourth-order valence-corrected chi connectivity index (χ4v) is 3.48. The SMILES string of the molecule is COc1ccc(Cl)cc1C(=O)Nc1sc(C)c(C)c1C(=O)OC(C)C. The molecule has 1 aromatic heterocycles. The Morgan fingerprint density at radius 3 is 2.52 bits per heavy atom. The average Bonchev–Trinajstić information content (AvgIpc) is 2.80. The smallest absolute Gasteiger partial charge is 0.341 e. The molecular formula is C18H20ClNO4S. The molecule has 1 amide bonds. The van der Waals surface area contributed by atoms with Crippen LogP contribution in [0.2, 0.25) is 5.02 Å². The zero-order chi connectivity index (χ0) is 18.7. The predicted octanol–water partition coefficient (Wildman–Crippen LogP) is 4.84. The largest absolute Gasteiger partial charge is 0.496 e. The molecule has 0 aliphatic heterocycles. The third kappa shape index (κ3) is 4.32. The van der Waals surface area contributed by atoms with Crippen molar-refractivity contribution >= 4 is 39.8 Å². The molecule has 2 rings (SSSR count). The van der Waals surface area contributed by atoms with E-state index in [1.54, 1.807) is 26.0 Å². The molecule has 0 spiro atoms. The third-order valence-corrected chi connectivity index (χ3v) is 4.92. The van der Waals surface area contributed by atoms with E-state index < -0.39 is 11.9 Å². The minimum absolute atomic E-state index is 0.247.